The van der Waals surface area contributed by atoms with E-state index in [1.165, 1.54) is 5.69 Å². The second-order valence-electron chi connectivity index (χ2n) is 5.33. The van der Waals surface area contributed by atoms with Gasteiger partial charge in [0, 0.05) is 7.05 Å². The summed E-state index contributed by atoms with van der Waals surface area (Å²) >= 11 is 0. The van der Waals surface area contributed by atoms with E-state index in [1.807, 2.05) is 6.92 Å². The minimum atomic E-state index is 0.385. The van der Waals surface area contributed by atoms with Crippen molar-refractivity contribution in [2.24, 2.45) is 10.9 Å². The number of fused-ring (bicyclic) bond motifs is 3. The molecule has 5 heteroatoms. The Bertz CT molecular complexity index is 473. The molecule has 0 bridgehead atoms. The Morgan fingerprint density at radius 2 is 2.18 bits per heavy atom. The smallest absolute Gasteiger partial charge is 0.202 e. The highest BCUT2D eigenvalue weighted by atomic mass is 15.5. The molecule has 1 atom stereocenters. The van der Waals surface area contributed by atoms with Gasteiger partial charge < -0.3 is 9.88 Å². The van der Waals surface area contributed by atoms with Crippen molar-refractivity contribution in [3.05, 3.63) is 11.5 Å². The SMILES string of the molecule is Cc1nc2c([nH]1)CN(C)C1=N[C@H](C(C)C)CN12. The van der Waals surface area contributed by atoms with Crippen molar-refractivity contribution >= 4 is 11.8 Å². The molecule has 0 aliphatic carbocycles. The summed E-state index contributed by atoms with van der Waals surface area (Å²) in [6.45, 7) is 8.28. The Hall–Kier alpha value is -1.52. The van der Waals surface area contributed by atoms with E-state index in [0.29, 0.717) is 12.0 Å². The van der Waals surface area contributed by atoms with Gasteiger partial charge in [0.05, 0.1) is 24.8 Å². The molecule has 2 aliphatic heterocycles. The first-order chi connectivity index (χ1) is 8.06. The first-order valence-electron chi connectivity index (χ1n) is 6.18. The zero-order chi connectivity index (χ0) is 12.2. The van der Waals surface area contributed by atoms with Crippen LogP contribution in [0.5, 0.6) is 0 Å². The van der Waals surface area contributed by atoms with Crippen molar-refractivity contribution in [2.45, 2.75) is 33.4 Å². The molecule has 92 valence electrons. The number of aromatic nitrogens is 2. The molecule has 5 nitrogen and oxygen atoms in total. The van der Waals surface area contributed by atoms with Gasteiger partial charge in [0.25, 0.3) is 0 Å². The van der Waals surface area contributed by atoms with Gasteiger partial charge in [0.15, 0.2) is 5.82 Å². The predicted molar refractivity (Wildman–Crippen MR) is 68.2 cm³/mol. The third kappa shape index (κ3) is 1.52. The molecule has 17 heavy (non-hydrogen) atoms. The van der Waals surface area contributed by atoms with E-state index < -0.39 is 0 Å². The lowest BCUT2D eigenvalue weighted by atomic mass is 10.1. The Kier molecular flexibility index (Phi) is 2.18. The van der Waals surface area contributed by atoms with Crippen LogP contribution in [0.4, 0.5) is 5.82 Å². The first-order valence-corrected chi connectivity index (χ1v) is 6.18. The molecule has 0 radical (unpaired) electrons. The third-order valence-electron chi connectivity index (χ3n) is 3.53. The molecule has 0 fully saturated rings. The lowest BCUT2D eigenvalue weighted by molar-refractivity contribution is 0.475. The van der Waals surface area contributed by atoms with Gasteiger partial charge in [-0.15, -0.1) is 0 Å². The average Bonchev–Trinajstić information content (AvgIpc) is 2.80. The van der Waals surface area contributed by atoms with Crippen molar-refractivity contribution in [3.8, 4) is 0 Å². The molecule has 0 saturated heterocycles. The highest BCUT2D eigenvalue weighted by Crippen LogP contribution is 2.30. The number of nitrogens with zero attached hydrogens (tertiary/aromatic N) is 4. The summed E-state index contributed by atoms with van der Waals surface area (Å²) in [6.07, 6.45) is 0. The Balaban J connectivity index is 2.01. The second kappa shape index (κ2) is 3.48. The molecule has 1 aromatic rings. The van der Waals surface area contributed by atoms with Gasteiger partial charge >= 0.3 is 0 Å². The summed E-state index contributed by atoms with van der Waals surface area (Å²) in [6, 6.07) is 0.385. The largest absolute Gasteiger partial charge is 0.343 e. The molecule has 3 rings (SSSR count). The number of aryl methyl sites for hydroxylation is 1. The minimum absolute atomic E-state index is 0.385. The number of nitrogens with one attached hydrogen (secondary N) is 1. The van der Waals surface area contributed by atoms with Gasteiger partial charge in [-0.1, -0.05) is 13.8 Å². The average molecular weight is 233 g/mol. The van der Waals surface area contributed by atoms with Crippen LogP contribution in [0.3, 0.4) is 0 Å². The number of H-pyrrole nitrogens is 1. The predicted octanol–water partition coefficient (Wildman–Crippen LogP) is 1.36. The normalized spacial score (nSPS) is 22.9. The summed E-state index contributed by atoms with van der Waals surface area (Å²) in [4.78, 5) is 17.2. The molecular formula is C12H19N5. The maximum atomic E-state index is 4.81. The molecule has 3 heterocycles. The zero-order valence-corrected chi connectivity index (χ0v) is 10.9. The van der Waals surface area contributed by atoms with E-state index in [0.717, 1.165) is 30.7 Å². The van der Waals surface area contributed by atoms with Crippen LogP contribution in [0.2, 0.25) is 0 Å². The number of aliphatic imine (C=N–C) groups is 1. The standard InChI is InChI=1S/C12H19N5/c1-7(2)9-6-17-11-10(13-8(3)14-11)5-16(4)12(17)15-9/h7,9H,5-6H2,1-4H3,(H,13,14)/t9-/m0/s1. The fourth-order valence-electron chi connectivity index (χ4n) is 2.54. The van der Waals surface area contributed by atoms with E-state index >= 15 is 0 Å². The van der Waals surface area contributed by atoms with Gasteiger partial charge in [-0.3, -0.25) is 4.90 Å². The summed E-state index contributed by atoms with van der Waals surface area (Å²) in [7, 11) is 2.09. The van der Waals surface area contributed by atoms with Gasteiger partial charge in [-0.2, -0.15) is 0 Å². The molecule has 1 aromatic heterocycles. The summed E-state index contributed by atoms with van der Waals surface area (Å²) in [5.74, 6) is 3.70. The molecule has 0 spiro atoms. The highest BCUT2D eigenvalue weighted by Gasteiger charge is 2.36. The van der Waals surface area contributed by atoms with Crippen molar-refractivity contribution in [2.75, 3.05) is 18.5 Å². The molecule has 0 aromatic carbocycles. The van der Waals surface area contributed by atoms with Crippen LogP contribution >= 0.6 is 0 Å². The Labute approximate surface area is 102 Å². The lowest BCUT2D eigenvalue weighted by Gasteiger charge is -2.31. The first kappa shape index (κ1) is 10.6. The third-order valence-corrected chi connectivity index (χ3v) is 3.53. The number of hydrogen-bond acceptors (Lipinski definition) is 4. The molecule has 2 aliphatic rings. The van der Waals surface area contributed by atoms with E-state index in [9.17, 15) is 0 Å². The minimum Gasteiger partial charge on any atom is -0.343 e. The van der Waals surface area contributed by atoms with E-state index in [2.05, 4.69) is 40.7 Å². The zero-order valence-electron chi connectivity index (χ0n) is 10.9. The Morgan fingerprint density at radius 3 is 2.88 bits per heavy atom. The number of hydrogen-bond donors (Lipinski definition) is 1. The van der Waals surface area contributed by atoms with Crippen LogP contribution in [0.25, 0.3) is 0 Å². The molecule has 0 amide bonds. The molecule has 0 unspecified atom stereocenters. The molecular weight excluding hydrogens is 214 g/mol. The second-order valence-corrected chi connectivity index (χ2v) is 5.33. The van der Waals surface area contributed by atoms with Crippen molar-refractivity contribution in [3.63, 3.8) is 0 Å². The molecule has 1 N–H and O–H groups in total. The summed E-state index contributed by atoms with van der Waals surface area (Å²) in [5, 5.41) is 0. The summed E-state index contributed by atoms with van der Waals surface area (Å²) in [5.41, 5.74) is 1.20. The number of imidazole rings is 1. The van der Waals surface area contributed by atoms with Crippen LogP contribution in [-0.4, -0.2) is 40.5 Å². The quantitative estimate of drug-likeness (QED) is 0.797. The van der Waals surface area contributed by atoms with E-state index in [4.69, 9.17) is 4.99 Å². The number of rotatable bonds is 1. The van der Waals surface area contributed by atoms with Crippen molar-refractivity contribution < 1.29 is 0 Å². The van der Waals surface area contributed by atoms with E-state index in [-0.39, 0.29) is 0 Å². The highest BCUT2D eigenvalue weighted by molar-refractivity contribution is 5.99. The summed E-state index contributed by atoms with van der Waals surface area (Å²) < 4.78 is 0. The topological polar surface area (TPSA) is 47.5 Å². The van der Waals surface area contributed by atoms with E-state index in [1.54, 1.807) is 0 Å². The van der Waals surface area contributed by atoms with Gasteiger partial charge in [-0.05, 0) is 12.8 Å². The van der Waals surface area contributed by atoms with Gasteiger partial charge in [0.1, 0.15) is 5.82 Å². The number of guanidine groups is 1. The lowest BCUT2D eigenvalue weighted by Crippen LogP contribution is -2.44. The maximum Gasteiger partial charge on any atom is 0.202 e. The maximum absolute atomic E-state index is 4.81. The molecule has 0 saturated carbocycles. The Morgan fingerprint density at radius 1 is 1.41 bits per heavy atom. The fraction of sp³-hybridized carbons (Fsp3) is 0.667. The van der Waals surface area contributed by atoms with Crippen LogP contribution in [-0.2, 0) is 6.54 Å². The van der Waals surface area contributed by atoms with Crippen molar-refractivity contribution in [1.82, 2.24) is 14.9 Å². The fourth-order valence-corrected chi connectivity index (χ4v) is 2.54. The van der Waals surface area contributed by atoms with Crippen LogP contribution in [0.15, 0.2) is 4.99 Å². The van der Waals surface area contributed by atoms with Gasteiger partial charge in [0.2, 0.25) is 5.96 Å². The monoisotopic (exact) mass is 233 g/mol. The number of aromatic amines is 1. The number of anilines is 1. The van der Waals surface area contributed by atoms with Gasteiger partial charge in [-0.25, -0.2) is 9.98 Å². The van der Waals surface area contributed by atoms with Crippen LogP contribution in [0.1, 0.15) is 25.4 Å². The van der Waals surface area contributed by atoms with Crippen molar-refractivity contribution in [1.29, 1.82) is 0 Å². The van der Waals surface area contributed by atoms with Crippen LogP contribution in [0, 0.1) is 12.8 Å². The van der Waals surface area contributed by atoms with Crippen LogP contribution < -0.4 is 4.90 Å².